The molecule has 2 rings (SSSR count). The molecule has 11 heavy (non-hydrogen) atoms. The number of ketones is 1. The van der Waals surface area contributed by atoms with Crippen LogP contribution in [0, 0.1) is 0 Å². The highest BCUT2D eigenvalue weighted by Crippen LogP contribution is 2.33. The molecule has 0 aromatic heterocycles. The Morgan fingerprint density at radius 1 is 1.36 bits per heavy atom. The fourth-order valence-corrected chi connectivity index (χ4v) is 2.58. The Morgan fingerprint density at radius 3 is 2.36 bits per heavy atom. The highest BCUT2D eigenvalue weighted by atomic mass is 16.1. The first-order chi connectivity index (χ1) is 5.31. The maximum atomic E-state index is 11.2. The predicted octanol–water partition coefficient (Wildman–Crippen LogP) is 1.20. The summed E-state index contributed by atoms with van der Waals surface area (Å²) in [5.41, 5.74) is 0. The van der Waals surface area contributed by atoms with Crippen LogP contribution in [0.3, 0.4) is 0 Å². The van der Waals surface area contributed by atoms with Gasteiger partial charge >= 0.3 is 0 Å². The van der Waals surface area contributed by atoms with Crippen LogP contribution in [0.4, 0.5) is 0 Å². The standard InChI is InChI=1S/C9H15NO/c1-2-10-7-3-4-8(10)6-9(11)5-7/h7-8H,2-6H2,1H3. The minimum atomic E-state index is 0.488. The molecule has 2 bridgehead atoms. The van der Waals surface area contributed by atoms with E-state index in [1.54, 1.807) is 0 Å². The van der Waals surface area contributed by atoms with Gasteiger partial charge in [-0.25, -0.2) is 0 Å². The van der Waals surface area contributed by atoms with Crippen molar-refractivity contribution < 1.29 is 4.79 Å². The highest BCUT2D eigenvalue weighted by molar-refractivity contribution is 5.80. The van der Waals surface area contributed by atoms with Crippen LogP contribution in [0.15, 0.2) is 0 Å². The number of hydrogen-bond acceptors (Lipinski definition) is 2. The molecule has 2 heterocycles. The van der Waals surface area contributed by atoms with Crippen LogP contribution in [0.2, 0.25) is 0 Å². The van der Waals surface area contributed by atoms with Gasteiger partial charge in [0.15, 0.2) is 0 Å². The number of carbonyl (C=O) groups is 1. The van der Waals surface area contributed by atoms with Crippen LogP contribution >= 0.6 is 0 Å². The average molecular weight is 153 g/mol. The molecule has 0 radical (unpaired) electrons. The molecule has 0 N–H and O–H groups in total. The lowest BCUT2D eigenvalue weighted by Gasteiger charge is -2.32. The van der Waals surface area contributed by atoms with Crippen LogP contribution in [-0.2, 0) is 4.79 Å². The van der Waals surface area contributed by atoms with Crippen molar-refractivity contribution in [1.82, 2.24) is 4.90 Å². The van der Waals surface area contributed by atoms with Gasteiger partial charge in [0, 0.05) is 24.9 Å². The van der Waals surface area contributed by atoms with Gasteiger partial charge in [0.25, 0.3) is 0 Å². The molecular formula is C9H15NO. The van der Waals surface area contributed by atoms with Crippen LogP contribution in [0.25, 0.3) is 0 Å². The molecule has 0 amide bonds. The van der Waals surface area contributed by atoms with Crippen LogP contribution in [-0.4, -0.2) is 29.3 Å². The lowest BCUT2D eigenvalue weighted by molar-refractivity contribution is -0.123. The molecule has 2 heteroatoms. The van der Waals surface area contributed by atoms with E-state index in [0.29, 0.717) is 17.9 Å². The molecule has 2 nitrogen and oxygen atoms in total. The Hall–Kier alpha value is -0.370. The average Bonchev–Trinajstić information content (AvgIpc) is 2.23. The summed E-state index contributed by atoms with van der Waals surface area (Å²) < 4.78 is 0. The zero-order valence-electron chi connectivity index (χ0n) is 7.05. The number of Topliss-reactive ketones (excluding diaryl/α,β-unsaturated/α-hetero) is 1. The van der Waals surface area contributed by atoms with Crippen LogP contribution < -0.4 is 0 Å². The van der Waals surface area contributed by atoms with E-state index in [1.807, 2.05) is 0 Å². The first kappa shape index (κ1) is 7.29. The quantitative estimate of drug-likeness (QED) is 0.564. The van der Waals surface area contributed by atoms with Gasteiger partial charge in [-0.15, -0.1) is 0 Å². The Kier molecular flexibility index (Phi) is 1.72. The first-order valence-corrected chi connectivity index (χ1v) is 4.58. The van der Waals surface area contributed by atoms with Crippen molar-refractivity contribution in [1.29, 1.82) is 0 Å². The van der Waals surface area contributed by atoms with E-state index in [9.17, 15) is 4.79 Å². The summed E-state index contributed by atoms with van der Waals surface area (Å²) in [6.45, 7) is 3.32. The summed E-state index contributed by atoms with van der Waals surface area (Å²) >= 11 is 0. The number of nitrogens with zero attached hydrogens (tertiary/aromatic N) is 1. The van der Waals surface area contributed by atoms with Crippen molar-refractivity contribution in [3.05, 3.63) is 0 Å². The molecule has 0 saturated carbocycles. The molecule has 2 unspecified atom stereocenters. The second kappa shape index (κ2) is 2.59. The van der Waals surface area contributed by atoms with Crippen molar-refractivity contribution in [3.8, 4) is 0 Å². The van der Waals surface area contributed by atoms with Gasteiger partial charge in [-0.1, -0.05) is 6.92 Å². The first-order valence-electron chi connectivity index (χ1n) is 4.58. The highest BCUT2D eigenvalue weighted by Gasteiger charge is 2.38. The van der Waals surface area contributed by atoms with E-state index < -0.39 is 0 Å². The van der Waals surface area contributed by atoms with Gasteiger partial charge in [-0.05, 0) is 19.4 Å². The van der Waals surface area contributed by atoms with Crippen molar-refractivity contribution in [2.75, 3.05) is 6.54 Å². The van der Waals surface area contributed by atoms with Crippen LogP contribution in [0.5, 0.6) is 0 Å². The lowest BCUT2D eigenvalue weighted by atomic mass is 10.0. The number of rotatable bonds is 1. The molecule has 0 aromatic carbocycles. The summed E-state index contributed by atoms with van der Waals surface area (Å²) in [5.74, 6) is 0.488. The Bertz CT molecular complexity index is 162. The normalized spacial score (nSPS) is 38.1. The van der Waals surface area contributed by atoms with Gasteiger partial charge in [0.05, 0.1) is 0 Å². The van der Waals surface area contributed by atoms with Crippen molar-refractivity contribution >= 4 is 5.78 Å². The largest absolute Gasteiger partial charge is 0.300 e. The van der Waals surface area contributed by atoms with Gasteiger partial charge in [0.2, 0.25) is 0 Å². The van der Waals surface area contributed by atoms with Crippen molar-refractivity contribution in [3.63, 3.8) is 0 Å². The molecule has 0 spiro atoms. The molecule has 2 aliphatic rings. The third kappa shape index (κ3) is 1.09. The lowest BCUT2D eigenvalue weighted by Crippen LogP contribution is -2.42. The second-order valence-corrected chi connectivity index (χ2v) is 3.66. The molecule has 2 fully saturated rings. The van der Waals surface area contributed by atoms with Crippen LogP contribution in [0.1, 0.15) is 32.6 Å². The fraction of sp³-hybridized carbons (Fsp3) is 0.889. The van der Waals surface area contributed by atoms with E-state index in [4.69, 9.17) is 0 Å². The fourth-order valence-electron chi connectivity index (χ4n) is 2.58. The SMILES string of the molecule is CCN1C2CCC1CC(=O)C2. The monoisotopic (exact) mass is 153 g/mol. The Morgan fingerprint density at radius 2 is 1.91 bits per heavy atom. The van der Waals surface area contributed by atoms with E-state index in [2.05, 4.69) is 11.8 Å². The third-order valence-electron chi connectivity index (χ3n) is 3.06. The molecule has 2 atom stereocenters. The smallest absolute Gasteiger partial charge is 0.136 e. The van der Waals surface area contributed by atoms with Crippen molar-refractivity contribution in [2.45, 2.75) is 44.7 Å². The minimum absolute atomic E-state index is 0.488. The summed E-state index contributed by atoms with van der Waals surface area (Å²) in [4.78, 5) is 13.7. The number of fused-ring (bicyclic) bond motifs is 2. The van der Waals surface area contributed by atoms with E-state index in [1.165, 1.54) is 12.8 Å². The Labute approximate surface area is 67.6 Å². The van der Waals surface area contributed by atoms with Gasteiger partial charge in [0.1, 0.15) is 5.78 Å². The van der Waals surface area contributed by atoms with E-state index >= 15 is 0 Å². The zero-order valence-corrected chi connectivity index (χ0v) is 7.05. The van der Waals surface area contributed by atoms with Gasteiger partial charge in [-0.3, -0.25) is 9.69 Å². The minimum Gasteiger partial charge on any atom is -0.300 e. The van der Waals surface area contributed by atoms with Crippen molar-refractivity contribution in [2.24, 2.45) is 0 Å². The third-order valence-corrected chi connectivity index (χ3v) is 3.06. The molecule has 0 aromatic rings. The maximum Gasteiger partial charge on any atom is 0.136 e. The maximum absolute atomic E-state index is 11.2. The van der Waals surface area contributed by atoms with E-state index in [-0.39, 0.29) is 0 Å². The summed E-state index contributed by atoms with van der Waals surface area (Å²) in [7, 11) is 0. The Balaban J connectivity index is 2.12. The molecule has 0 aliphatic carbocycles. The predicted molar refractivity (Wildman–Crippen MR) is 43.4 cm³/mol. The molecular weight excluding hydrogens is 138 g/mol. The molecule has 2 saturated heterocycles. The summed E-state index contributed by atoms with van der Waals surface area (Å²) in [6, 6.07) is 1.21. The topological polar surface area (TPSA) is 20.3 Å². The van der Waals surface area contributed by atoms with Gasteiger partial charge in [-0.2, -0.15) is 0 Å². The van der Waals surface area contributed by atoms with Gasteiger partial charge < -0.3 is 0 Å². The summed E-state index contributed by atoms with van der Waals surface area (Å²) in [5, 5.41) is 0. The molecule has 2 aliphatic heterocycles. The second-order valence-electron chi connectivity index (χ2n) is 3.66. The number of hydrogen-bond donors (Lipinski definition) is 0. The number of carbonyl (C=O) groups excluding carboxylic acids is 1. The molecule has 62 valence electrons. The summed E-state index contributed by atoms with van der Waals surface area (Å²) in [6.07, 6.45) is 4.16. The van der Waals surface area contributed by atoms with E-state index in [0.717, 1.165) is 19.4 Å². The number of piperidine rings is 1. The zero-order chi connectivity index (χ0) is 7.84.